The largest absolute Gasteiger partial charge is 0.346 e. The molecule has 1 atom stereocenters. The van der Waals surface area contributed by atoms with Gasteiger partial charge in [0.1, 0.15) is 11.9 Å². The minimum Gasteiger partial charge on any atom is -0.346 e. The summed E-state index contributed by atoms with van der Waals surface area (Å²) in [6.45, 7) is 4.07. The fraction of sp³-hybridized carbons (Fsp3) is 0.278. The van der Waals surface area contributed by atoms with Crippen molar-refractivity contribution in [2.45, 2.75) is 32.3 Å². The van der Waals surface area contributed by atoms with Crippen molar-refractivity contribution >= 4 is 0 Å². The third-order valence-corrected chi connectivity index (χ3v) is 3.70. The third kappa shape index (κ3) is 2.87. The Morgan fingerprint density at radius 1 is 1.18 bits per heavy atom. The molecule has 0 radical (unpaired) electrons. The molecular formula is C18H16FNO2. The summed E-state index contributed by atoms with van der Waals surface area (Å²) in [6, 6.07) is 13.9. The number of halogens is 1. The molecule has 0 saturated carbocycles. The summed E-state index contributed by atoms with van der Waals surface area (Å²) >= 11 is 0. The van der Waals surface area contributed by atoms with Crippen molar-refractivity contribution in [3.05, 3.63) is 70.5 Å². The smallest absolute Gasteiger partial charge is 0.164 e. The van der Waals surface area contributed by atoms with E-state index in [0.717, 1.165) is 16.7 Å². The monoisotopic (exact) mass is 297 g/mol. The molecule has 1 aliphatic rings. The topological polar surface area (TPSA) is 42.2 Å². The summed E-state index contributed by atoms with van der Waals surface area (Å²) in [4.78, 5) is 0. The van der Waals surface area contributed by atoms with Crippen LogP contribution in [0.2, 0.25) is 0 Å². The molecule has 4 heteroatoms. The van der Waals surface area contributed by atoms with Crippen molar-refractivity contribution in [1.82, 2.24) is 0 Å². The molecule has 3 nitrogen and oxygen atoms in total. The van der Waals surface area contributed by atoms with Gasteiger partial charge in [0, 0.05) is 0 Å². The van der Waals surface area contributed by atoms with Crippen LogP contribution in [-0.2, 0) is 16.1 Å². The van der Waals surface area contributed by atoms with Crippen LogP contribution in [0.15, 0.2) is 42.5 Å². The molecule has 2 aromatic carbocycles. The van der Waals surface area contributed by atoms with Gasteiger partial charge < -0.3 is 9.47 Å². The highest BCUT2D eigenvalue weighted by Gasteiger charge is 2.31. The lowest BCUT2D eigenvalue weighted by atomic mass is 9.95. The van der Waals surface area contributed by atoms with E-state index in [1.54, 1.807) is 18.2 Å². The molecule has 0 amide bonds. The van der Waals surface area contributed by atoms with Gasteiger partial charge >= 0.3 is 0 Å². The van der Waals surface area contributed by atoms with Crippen LogP contribution in [0.3, 0.4) is 0 Å². The van der Waals surface area contributed by atoms with Gasteiger partial charge in [-0.05, 0) is 54.8 Å². The first-order valence-corrected chi connectivity index (χ1v) is 7.09. The molecule has 3 rings (SSSR count). The van der Waals surface area contributed by atoms with Gasteiger partial charge in [0.2, 0.25) is 0 Å². The molecule has 1 aliphatic heterocycles. The Morgan fingerprint density at radius 3 is 2.59 bits per heavy atom. The lowest BCUT2D eigenvalue weighted by Gasteiger charge is -2.28. The summed E-state index contributed by atoms with van der Waals surface area (Å²) < 4.78 is 25.1. The Bertz CT molecular complexity index is 732. The van der Waals surface area contributed by atoms with E-state index in [4.69, 9.17) is 14.7 Å². The molecule has 0 spiro atoms. The summed E-state index contributed by atoms with van der Waals surface area (Å²) in [5.74, 6) is -1.06. The maximum atomic E-state index is 13.2. The number of rotatable bonds is 1. The predicted octanol–water partition coefficient (Wildman–Crippen LogP) is 4.07. The van der Waals surface area contributed by atoms with E-state index in [1.807, 2.05) is 26.0 Å². The highest BCUT2D eigenvalue weighted by molar-refractivity contribution is 5.42. The zero-order chi connectivity index (χ0) is 15.7. The zero-order valence-corrected chi connectivity index (χ0v) is 12.5. The SMILES string of the molecule is CC1(C)OCc2cc(C#N)ccc2C(c2ccc(F)cc2)O1. The first-order chi connectivity index (χ1) is 10.5. The fourth-order valence-corrected chi connectivity index (χ4v) is 2.57. The minimum absolute atomic E-state index is 0.284. The van der Waals surface area contributed by atoms with Crippen LogP contribution in [0.4, 0.5) is 4.39 Å². The van der Waals surface area contributed by atoms with Crippen LogP contribution in [0.5, 0.6) is 0 Å². The Morgan fingerprint density at radius 2 is 1.91 bits per heavy atom. The van der Waals surface area contributed by atoms with Crippen LogP contribution >= 0.6 is 0 Å². The zero-order valence-electron chi connectivity index (χ0n) is 12.5. The Balaban J connectivity index is 2.11. The van der Waals surface area contributed by atoms with E-state index >= 15 is 0 Å². The van der Waals surface area contributed by atoms with Gasteiger partial charge in [0.25, 0.3) is 0 Å². The van der Waals surface area contributed by atoms with Gasteiger partial charge in [-0.15, -0.1) is 0 Å². The van der Waals surface area contributed by atoms with E-state index < -0.39 is 5.79 Å². The molecule has 112 valence electrons. The van der Waals surface area contributed by atoms with Gasteiger partial charge in [0.15, 0.2) is 5.79 Å². The lowest BCUT2D eigenvalue weighted by Crippen LogP contribution is -2.28. The summed E-state index contributed by atoms with van der Waals surface area (Å²) in [5, 5.41) is 9.06. The quantitative estimate of drug-likeness (QED) is 0.797. The van der Waals surface area contributed by atoms with Crippen molar-refractivity contribution in [2.24, 2.45) is 0 Å². The molecule has 0 aliphatic carbocycles. The van der Waals surface area contributed by atoms with Gasteiger partial charge in [-0.1, -0.05) is 18.2 Å². The molecule has 0 saturated heterocycles. The standard InChI is InChI=1S/C18H16FNO2/c1-18(2)21-11-14-9-12(10-20)3-8-16(14)17(22-18)13-4-6-15(19)7-5-13/h3-9,17H,11H2,1-2H3. The molecule has 1 unspecified atom stereocenters. The minimum atomic E-state index is -0.773. The summed E-state index contributed by atoms with van der Waals surface area (Å²) in [5.41, 5.74) is 3.29. The number of nitrogens with zero attached hydrogens (tertiary/aromatic N) is 1. The maximum Gasteiger partial charge on any atom is 0.164 e. The molecule has 1 heterocycles. The van der Waals surface area contributed by atoms with Crippen LogP contribution in [-0.4, -0.2) is 5.79 Å². The maximum absolute atomic E-state index is 13.2. The van der Waals surface area contributed by atoms with E-state index in [2.05, 4.69) is 6.07 Å². The highest BCUT2D eigenvalue weighted by atomic mass is 19.1. The van der Waals surface area contributed by atoms with Crippen LogP contribution in [0, 0.1) is 17.1 Å². The molecule has 0 fully saturated rings. The number of hydrogen-bond acceptors (Lipinski definition) is 3. The predicted molar refractivity (Wildman–Crippen MR) is 79.4 cm³/mol. The normalized spacial score (nSPS) is 19.8. The summed E-state index contributed by atoms with van der Waals surface area (Å²) in [6.07, 6.45) is -0.360. The Hall–Kier alpha value is -2.22. The first-order valence-electron chi connectivity index (χ1n) is 7.09. The molecular weight excluding hydrogens is 281 g/mol. The van der Waals surface area contributed by atoms with Crippen LogP contribution in [0.1, 0.15) is 42.2 Å². The number of ether oxygens (including phenoxy) is 2. The van der Waals surface area contributed by atoms with Gasteiger partial charge in [-0.2, -0.15) is 5.26 Å². The number of hydrogen-bond donors (Lipinski definition) is 0. The molecule has 0 N–H and O–H groups in total. The average molecular weight is 297 g/mol. The van der Waals surface area contributed by atoms with E-state index in [1.165, 1.54) is 12.1 Å². The van der Waals surface area contributed by atoms with Crippen molar-refractivity contribution in [1.29, 1.82) is 5.26 Å². The summed E-state index contributed by atoms with van der Waals surface area (Å²) in [7, 11) is 0. The van der Waals surface area contributed by atoms with E-state index in [0.29, 0.717) is 12.2 Å². The molecule has 2 aromatic rings. The lowest BCUT2D eigenvalue weighted by molar-refractivity contribution is -0.230. The van der Waals surface area contributed by atoms with Crippen molar-refractivity contribution in [3.63, 3.8) is 0 Å². The second kappa shape index (κ2) is 5.53. The van der Waals surface area contributed by atoms with Gasteiger partial charge in [-0.25, -0.2) is 4.39 Å². The number of fused-ring (bicyclic) bond motifs is 1. The van der Waals surface area contributed by atoms with Crippen LogP contribution < -0.4 is 0 Å². The second-order valence-electron chi connectivity index (χ2n) is 5.76. The molecule has 0 bridgehead atoms. The second-order valence-corrected chi connectivity index (χ2v) is 5.76. The van der Waals surface area contributed by atoms with Crippen molar-refractivity contribution in [3.8, 4) is 6.07 Å². The Kier molecular flexibility index (Phi) is 3.69. The molecule has 22 heavy (non-hydrogen) atoms. The fourth-order valence-electron chi connectivity index (χ4n) is 2.57. The van der Waals surface area contributed by atoms with E-state index in [9.17, 15) is 4.39 Å². The number of nitriles is 1. The average Bonchev–Trinajstić information content (AvgIpc) is 2.64. The number of benzene rings is 2. The van der Waals surface area contributed by atoms with Crippen molar-refractivity contribution in [2.75, 3.05) is 0 Å². The Labute approximate surface area is 128 Å². The first kappa shape index (κ1) is 14.7. The van der Waals surface area contributed by atoms with E-state index in [-0.39, 0.29) is 11.9 Å². The third-order valence-electron chi connectivity index (χ3n) is 3.70. The molecule has 0 aromatic heterocycles. The van der Waals surface area contributed by atoms with Crippen LogP contribution in [0.25, 0.3) is 0 Å². The van der Waals surface area contributed by atoms with Gasteiger partial charge in [0.05, 0.1) is 18.2 Å². The van der Waals surface area contributed by atoms with Crippen molar-refractivity contribution < 1.29 is 13.9 Å². The van der Waals surface area contributed by atoms with Gasteiger partial charge in [-0.3, -0.25) is 0 Å². The highest BCUT2D eigenvalue weighted by Crippen LogP contribution is 2.37.